The van der Waals surface area contributed by atoms with Gasteiger partial charge in [-0.1, -0.05) is 25.6 Å². The van der Waals surface area contributed by atoms with Crippen LogP contribution in [0.25, 0.3) is 11.4 Å². The first-order valence-electron chi connectivity index (χ1n) is 9.39. The first kappa shape index (κ1) is 20.9. The molecule has 0 aliphatic heterocycles. The Hall–Kier alpha value is -2.80. The normalized spacial score (nSPS) is 10.9. The van der Waals surface area contributed by atoms with Crippen LogP contribution in [0.5, 0.6) is 11.5 Å². The van der Waals surface area contributed by atoms with Gasteiger partial charge in [0.2, 0.25) is 0 Å². The van der Waals surface area contributed by atoms with Gasteiger partial charge in [0.1, 0.15) is 11.5 Å². The summed E-state index contributed by atoms with van der Waals surface area (Å²) in [4.78, 5) is 12.6. The van der Waals surface area contributed by atoms with Gasteiger partial charge in [-0.25, -0.2) is 0 Å². The van der Waals surface area contributed by atoms with Crippen molar-refractivity contribution in [2.75, 3.05) is 20.0 Å². The van der Waals surface area contributed by atoms with E-state index in [0.29, 0.717) is 17.2 Å². The molecule has 0 fully saturated rings. The Morgan fingerprint density at radius 2 is 1.55 bits per heavy atom. The molecule has 0 unspecified atom stereocenters. The Bertz CT molecular complexity index is 950. The minimum absolute atomic E-state index is 0.0442. The fraction of sp³-hybridized carbons (Fsp3) is 0.318. The molecule has 0 amide bonds. The molecule has 6 nitrogen and oxygen atoms in total. The smallest absolute Gasteiger partial charge is 0.191 e. The number of methoxy groups -OCH3 is 2. The van der Waals surface area contributed by atoms with Crippen LogP contribution in [-0.4, -0.2) is 40.5 Å². The number of ether oxygens (including phenoxy) is 2. The van der Waals surface area contributed by atoms with Gasteiger partial charge in [0.05, 0.1) is 20.0 Å². The standard InChI is InChI=1S/C22H25N3O3S/c1-15(2)13-25-21(17-7-11-19(28-4)12-8-17)23-24-22(25)29-14-20(26)16-5-9-18(27-3)10-6-16/h5-12,15H,13-14H2,1-4H3. The van der Waals surface area contributed by atoms with Crippen molar-refractivity contribution in [3.05, 3.63) is 54.1 Å². The number of thioether (sulfide) groups is 1. The van der Waals surface area contributed by atoms with Crippen molar-refractivity contribution < 1.29 is 14.3 Å². The SMILES string of the molecule is COc1ccc(C(=O)CSc2nnc(-c3ccc(OC)cc3)n2CC(C)C)cc1. The monoisotopic (exact) mass is 411 g/mol. The van der Waals surface area contributed by atoms with Crippen LogP contribution in [0.4, 0.5) is 0 Å². The van der Waals surface area contributed by atoms with Crippen molar-refractivity contribution in [2.24, 2.45) is 5.92 Å². The lowest BCUT2D eigenvalue weighted by molar-refractivity contribution is 0.102. The second-order valence-corrected chi connectivity index (χ2v) is 7.92. The van der Waals surface area contributed by atoms with E-state index in [0.717, 1.165) is 34.6 Å². The van der Waals surface area contributed by atoms with Crippen LogP contribution in [0.2, 0.25) is 0 Å². The van der Waals surface area contributed by atoms with Crippen LogP contribution in [0.15, 0.2) is 53.7 Å². The maximum atomic E-state index is 12.6. The molecule has 0 aliphatic carbocycles. The minimum atomic E-state index is 0.0442. The molecule has 0 saturated carbocycles. The van der Waals surface area contributed by atoms with E-state index in [4.69, 9.17) is 9.47 Å². The maximum Gasteiger partial charge on any atom is 0.191 e. The molecule has 7 heteroatoms. The fourth-order valence-corrected chi connectivity index (χ4v) is 3.71. The molecule has 0 radical (unpaired) electrons. The predicted octanol–water partition coefficient (Wildman–Crippen LogP) is 4.59. The third kappa shape index (κ3) is 5.17. The van der Waals surface area contributed by atoms with Crippen LogP contribution < -0.4 is 9.47 Å². The highest BCUT2D eigenvalue weighted by atomic mass is 32.2. The van der Waals surface area contributed by atoms with Crippen LogP contribution in [0.3, 0.4) is 0 Å². The number of Topliss-reactive ketones (excluding diaryl/α,β-unsaturated/α-hetero) is 1. The van der Waals surface area contributed by atoms with E-state index in [2.05, 4.69) is 28.6 Å². The van der Waals surface area contributed by atoms with Crippen molar-refractivity contribution in [1.29, 1.82) is 0 Å². The topological polar surface area (TPSA) is 66.2 Å². The highest BCUT2D eigenvalue weighted by molar-refractivity contribution is 7.99. The van der Waals surface area contributed by atoms with Gasteiger partial charge in [0.15, 0.2) is 16.8 Å². The van der Waals surface area contributed by atoms with Crippen LogP contribution in [0, 0.1) is 5.92 Å². The molecule has 1 heterocycles. The van der Waals surface area contributed by atoms with Crippen molar-refractivity contribution in [3.8, 4) is 22.9 Å². The molecule has 3 aromatic rings. The number of rotatable bonds is 9. The van der Waals surface area contributed by atoms with E-state index < -0.39 is 0 Å². The summed E-state index contributed by atoms with van der Waals surface area (Å²) in [7, 11) is 3.25. The first-order valence-corrected chi connectivity index (χ1v) is 10.4. The van der Waals surface area contributed by atoms with E-state index in [9.17, 15) is 4.79 Å². The van der Waals surface area contributed by atoms with Crippen LogP contribution in [-0.2, 0) is 6.54 Å². The van der Waals surface area contributed by atoms with Crippen LogP contribution in [0.1, 0.15) is 24.2 Å². The Labute approximate surface area is 175 Å². The Balaban J connectivity index is 1.79. The molecular weight excluding hydrogens is 386 g/mol. The molecule has 0 atom stereocenters. The summed E-state index contributed by atoms with van der Waals surface area (Å²) in [6.45, 7) is 5.07. The van der Waals surface area contributed by atoms with Gasteiger partial charge in [-0.05, 0) is 54.4 Å². The summed E-state index contributed by atoms with van der Waals surface area (Å²) in [5.74, 6) is 3.08. The zero-order valence-corrected chi connectivity index (χ0v) is 17.9. The first-order chi connectivity index (χ1) is 14.0. The second-order valence-electron chi connectivity index (χ2n) is 6.98. The quantitative estimate of drug-likeness (QED) is 0.379. The van der Waals surface area contributed by atoms with Crippen LogP contribution >= 0.6 is 11.8 Å². The molecule has 0 spiro atoms. The van der Waals surface area contributed by atoms with E-state index in [1.54, 1.807) is 38.5 Å². The summed E-state index contributed by atoms with van der Waals surface area (Å²) in [6, 6.07) is 14.9. The second kappa shape index (κ2) is 9.60. The van der Waals surface area contributed by atoms with E-state index in [1.165, 1.54) is 11.8 Å². The molecule has 1 aromatic heterocycles. The molecule has 0 bridgehead atoms. The summed E-state index contributed by atoms with van der Waals surface area (Å²) in [6.07, 6.45) is 0. The zero-order valence-electron chi connectivity index (χ0n) is 17.1. The van der Waals surface area contributed by atoms with Gasteiger partial charge in [-0.3, -0.25) is 4.79 Å². The van der Waals surface area contributed by atoms with E-state index in [-0.39, 0.29) is 5.78 Å². The van der Waals surface area contributed by atoms with Gasteiger partial charge in [0, 0.05) is 17.7 Å². The van der Waals surface area contributed by atoms with Gasteiger partial charge >= 0.3 is 0 Å². The third-order valence-electron chi connectivity index (χ3n) is 4.36. The number of ketones is 1. The number of carbonyl (C=O) groups is 1. The molecule has 2 aromatic carbocycles. The average Bonchev–Trinajstić information content (AvgIpc) is 3.13. The van der Waals surface area contributed by atoms with E-state index in [1.807, 2.05) is 24.3 Å². The molecule has 0 N–H and O–H groups in total. The summed E-state index contributed by atoms with van der Waals surface area (Å²) in [5, 5.41) is 9.49. The number of carbonyl (C=O) groups excluding carboxylic acids is 1. The summed E-state index contributed by atoms with van der Waals surface area (Å²) >= 11 is 1.41. The number of hydrogen-bond acceptors (Lipinski definition) is 6. The fourth-order valence-electron chi connectivity index (χ4n) is 2.87. The Morgan fingerprint density at radius 1 is 0.966 bits per heavy atom. The summed E-state index contributed by atoms with van der Waals surface area (Å²) in [5.41, 5.74) is 1.62. The molecule has 0 saturated heterocycles. The van der Waals surface area contributed by atoms with E-state index >= 15 is 0 Å². The van der Waals surface area contributed by atoms with Gasteiger partial charge in [-0.15, -0.1) is 10.2 Å². The third-order valence-corrected chi connectivity index (χ3v) is 5.32. The van der Waals surface area contributed by atoms with Gasteiger partial charge < -0.3 is 14.0 Å². The highest BCUT2D eigenvalue weighted by Crippen LogP contribution is 2.27. The molecule has 3 rings (SSSR count). The van der Waals surface area contributed by atoms with Crippen molar-refractivity contribution in [3.63, 3.8) is 0 Å². The molecule has 29 heavy (non-hydrogen) atoms. The molecular formula is C22H25N3O3S. The van der Waals surface area contributed by atoms with Crippen molar-refractivity contribution >= 4 is 17.5 Å². The van der Waals surface area contributed by atoms with Gasteiger partial charge in [0.25, 0.3) is 0 Å². The lowest BCUT2D eigenvalue weighted by Crippen LogP contribution is -2.09. The van der Waals surface area contributed by atoms with Gasteiger partial charge in [-0.2, -0.15) is 0 Å². The number of hydrogen-bond donors (Lipinski definition) is 0. The lowest BCUT2D eigenvalue weighted by Gasteiger charge is -2.12. The number of aromatic nitrogens is 3. The average molecular weight is 412 g/mol. The lowest BCUT2D eigenvalue weighted by atomic mass is 10.1. The number of benzene rings is 2. The largest absolute Gasteiger partial charge is 0.497 e. The predicted molar refractivity (Wildman–Crippen MR) is 115 cm³/mol. The highest BCUT2D eigenvalue weighted by Gasteiger charge is 2.17. The number of nitrogens with zero attached hydrogens (tertiary/aromatic N) is 3. The molecule has 0 aliphatic rings. The Kier molecular flexibility index (Phi) is 6.93. The molecule has 152 valence electrons. The Morgan fingerprint density at radius 3 is 2.10 bits per heavy atom. The van der Waals surface area contributed by atoms with Crippen molar-refractivity contribution in [1.82, 2.24) is 14.8 Å². The summed E-state index contributed by atoms with van der Waals surface area (Å²) < 4.78 is 12.5. The maximum absolute atomic E-state index is 12.6. The zero-order chi connectivity index (χ0) is 20.8. The van der Waals surface area contributed by atoms with Crippen molar-refractivity contribution in [2.45, 2.75) is 25.5 Å². The minimum Gasteiger partial charge on any atom is -0.497 e.